The van der Waals surface area contributed by atoms with Gasteiger partial charge in [0.15, 0.2) is 17.5 Å². The van der Waals surface area contributed by atoms with E-state index in [4.69, 9.17) is 23.8 Å². The van der Waals surface area contributed by atoms with Crippen LogP contribution < -0.4 is 0 Å². The molecule has 0 saturated carbocycles. The van der Waals surface area contributed by atoms with Gasteiger partial charge in [-0.25, -0.2) is 15.0 Å². The summed E-state index contributed by atoms with van der Waals surface area (Å²) in [4.78, 5) is 15.2. The van der Waals surface area contributed by atoms with Crippen molar-refractivity contribution in [3.05, 3.63) is 176 Å². The first kappa shape index (κ1) is 30.8. The molecule has 0 aliphatic carbocycles. The van der Waals surface area contributed by atoms with Gasteiger partial charge in [0.05, 0.1) is 0 Å². The topological polar surface area (TPSA) is 65.0 Å². The third-order valence-electron chi connectivity index (χ3n) is 11.1. The Bertz CT molecular complexity index is 3550. The third-order valence-corrected chi connectivity index (χ3v) is 11.1. The van der Waals surface area contributed by atoms with E-state index in [1.54, 1.807) is 0 Å². The molecule has 5 nitrogen and oxygen atoms in total. The summed E-state index contributed by atoms with van der Waals surface area (Å²) in [5.41, 5.74) is 8.47. The van der Waals surface area contributed by atoms with Crippen molar-refractivity contribution in [2.45, 2.75) is 0 Å². The van der Waals surface area contributed by atoms with Crippen LogP contribution in [0.5, 0.6) is 0 Å². The minimum Gasteiger partial charge on any atom is -0.456 e. The zero-order valence-electron chi connectivity index (χ0n) is 29.9. The van der Waals surface area contributed by atoms with E-state index in [1.165, 1.54) is 26.9 Å². The van der Waals surface area contributed by atoms with E-state index in [-0.39, 0.29) is 0 Å². The highest BCUT2D eigenvalue weighted by atomic mass is 16.3. The molecule has 260 valence electrons. The number of aromatic nitrogens is 3. The molecule has 5 heteroatoms. The molecule has 56 heavy (non-hydrogen) atoms. The minimum absolute atomic E-state index is 0.590. The van der Waals surface area contributed by atoms with Crippen molar-refractivity contribution >= 4 is 76.2 Å². The van der Waals surface area contributed by atoms with Crippen molar-refractivity contribution in [3.63, 3.8) is 0 Å². The van der Waals surface area contributed by atoms with Crippen molar-refractivity contribution < 1.29 is 8.83 Å². The summed E-state index contributed by atoms with van der Waals surface area (Å²) in [6.07, 6.45) is 0. The molecule has 12 aromatic rings. The molecule has 3 heterocycles. The number of hydrogen-bond acceptors (Lipinski definition) is 5. The van der Waals surface area contributed by atoms with Gasteiger partial charge >= 0.3 is 0 Å². The quantitative estimate of drug-likeness (QED) is 0.170. The largest absolute Gasteiger partial charge is 0.456 e. The number of rotatable bonds is 4. The van der Waals surface area contributed by atoms with Crippen LogP contribution >= 0.6 is 0 Å². The summed E-state index contributed by atoms with van der Waals surface area (Å²) in [6.45, 7) is 0. The monoisotopic (exact) mass is 715 g/mol. The lowest BCUT2D eigenvalue weighted by atomic mass is 9.91. The SMILES string of the molecule is c1ccc(-c2nc(-c3ccc4c(c3)oc3ccccc34)nc(-c3ccc4c5cc(-c6ccc7oc8ccccc8c7c6)ccc5c5ccccc5c4c3)n2)cc1. The molecule has 0 amide bonds. The highest BCUT2D eigenvalue weighted by molar-refractivity contribution is 6.26. The highest BCUT2D eigenvalue weighted by Gasteiger charge is 2.17. The van der Waals surface area contributed by atoms with Crippen molar-refractivity contribution in [2.24, 2.45) is 0 Å². The molecule has 0 aliphatic rings. The summed E-state index contributed by atoms with van der Waals surface area (Å²) in [5, 5.41) is 11.5. The Morgan fingerprint density at radius 3 is 1.32 bits per heavy atom. The lowest BCUT2D eigenvalue weighted by Crippen LogP contribution is -2.00. The molecule has 0 unspecified atom stereocenters. The second-order valence-electron chi connectivity index (χ2n) is 14.4. The van der Waals surface area contributed by atoms with Gasteiger partial charge in [-0.2, -0.15) is 0 Å². The van der Waals surface area contributed by atoms with Crippen LogP contribution in [0.2, 0.25) is 0 Å². The van der Waals surface area contributed by atoms with Gasteiger partial charge in [0.2, 0.25) is 0 Å². The van der Waals surface area contributed by atoms with Crippen LogP contribution in [0.3, 0.4) is 0 Å². The highest BCUT2D eigenvalue weighted by Crippen LogP contribution is 2.40. The fraction of sp³-hybridized carbons (Fsp3) is 0. The molecule has 0 atom stereocenters. The Hall–Kier alpha value is -7.63. The first-order valence-corrected chi connectivity index (χ1v) is 18.8. The molecule has 3 aromatic heterocycles. The summed E-state index contributed by atoms with van der Waals surface area (Å²) >= 11 is 0. The van der Waals surface area contributed by atoms with E-state index in [1.807, 2.05) is 66.7 Å². The van der Waals surface area contributed by atoms with Crippen molar-refractivity contribution in [2.75, 3.05) is 0 Å². The zero-order chi connectivity index (χ0) is 36.7. The maximum Gasteiger partial charge on any atom is 0.164 e. The summed E-state index contributed by atoms with van der Waals surface area (Å²) in [6, 6.07) is 61.2. The molecule has 0 spiro atoms. The van der Waals surface area contributed by atoms with Gasteiger partial charge in [-0.3, -0.25) is 0 Å². The fourth-order valence-corrected chi connectivity index (χ4v) is 8.40. The predicted molar refractivity (Wildman–Crippen MR) is 229 cm³/mol. The molecule has 9 aromatic carbocycles. The van der Waals surface area contributed by atoms with Crippen LogP contribution in [0, 0.1) is 0 Å². The first-order chi connectivity index (χ1) is 27.7. The summed E-state index contributed by atoms with van der Waals surface area (Å²) in [7, 11) is 0. The lowest BCUT2D eigenvalue weighted by Gasteiger charge is -2.14. The number of para-hydroxylation sites is 2. The van der Waals surface area contributed by atoms with Crippen LogP contribution in [0.1, 0.15) is 0 Å². The maximum absolute atomic E-state index is 6.26. The smallest absolute Gasteiger partial charge is 0.164 e. The second kappa shape index (κ2) is 11.9. The van der Waals surface area contributed by atoms with Gasteiger partial charge in [0.1, 0.15) is 22.3 Å². The normalized spacial score (nSPS) is 11.9. The number of furan rings is 2. The molecule has 12 rings (SSSR count). The molecular formula is C51H29N3O2. The van der Waals surface area contributed by atoms with E-state index in [0.29, 0.717) is 17.5 Å². The van der Waals surface area contributed by atoms with E-state index in [9.17, 15) is 0 Å². The first-order valence-electron chi connectivity index (χ1n) is 18.8. The van der Waals surface area contributed by atoms with Crippen LogP contribution in [-0.4, -0.2) is 15.0 Å². The molecule has 0 saturated heterocycles. The van der Waals surface area contributed by atoms with Gasteiger partial charge in [-0.1, -0.05) is 127 Å². The Labute approximate surface area is 320 Å². The average molecular weight is 716 g/mol. The summed E-state index contributed by atoms with van der Waals surface area (Å²) < 4.78 is 12.4. The van der Waals surface area contributed by atoms with Gasteiger partial charge < -0.3 is 8.83 Å². The predicted octanol–water partition coefficient (Wildman–Crippen LogP) is 13.8. The van der Waals surface area contributed by atoms with E-state index < -0.39 is 0 Å². The Morgan fingerprint density at radius 1 is 0.232 bits per heavy atom. The van der Waals surface area contributed by atoms with Crippen molar-refractivity contribution in [1.29, 1.82) is 0 Å². The number of nitrogens with zero attached hydrogens (tertiary/aromatic N) is 3. The Balaban J connectivity index is 1.04. The number of benzene rings is 9. The molecule has 0 aliphatic heterocycles. The fourth-order valence-electron chi connectivity index (χ4n) is 8.40. The molecular weight excluding hydrogens is 687 g/mol. The molecule has 0 fully saturated rings. The van der Waals surface area contributed by atoms with Crippen molar-refractivity contribution in [3.8, 4) is 45.3 Å². The van der Waals surface area contributed by atoms with E-state index >= 15 is 0 Å². The Morgan fingerprint density at radius 2 is 0.625 bits per heavy atom. The van der Waals surface area contributed by atoms with Gasteiger partial charge in [-0.05, 0) is 92.0 Å². The van der Waals surface area contributed by atoms with E-state index in [0.717, 1.165) is 77.1 Å². The van der Waals surface area contributed by atoms with Gasteiger partial charge in [-0.15, -0.1) is 0 Å². The molecule has 0 radical (unpaired) electrons. The third kappa shape index (κ3) is 4.78. The second-order valence-corrected chi connectivity index (χ2v) is 14.4. The minimum atomic E-state index is 0.590. The van der Waals surface area contributed by atoms with Gasteiger partial charge in [0.25, 0.3) is 0 Å². The van der Waals surface area contributed by atoms with Crippen LogP contribution in [-0.2, 0) is 0 Å². The molecule has 0 bridgehead atoms. The number of hydrogen-bond donors (Lipinski definition) is 0. The standard InChI is InChI=1S/C51H29N3O2/c1-2-10-30(11-3-1)49-52-50(54-51(53-49)34-20-24-41-39-14-6-8-16-45(39)56-48(41)29-34)33-19-23-38-42-26-31(18-22-37(42)35-12-4-5-13-36(35)43(38)28-33)32-21-25-47-44(27-32)40-15-7-9-17-46(40)55-47/h1-29H. The maximum atomic E-state index is 6.26. The Kier molecular flexibility index (Phi) is 6.56. The summed E-state index contributed by atoms with van der Waals surface area (Å²) in [5.74, 6) is 1.82. The number of fused-ring (bicyclic) bond motifs is 12. The lowest BCUT2D eigenvalue weighted by molar-refractivity contribution is 0.668. The van der Waals surface area contributed by atoms with Crippen molar-refractivity contribution in [1.82, 2.24) is 15.0 Å². The van der Waals surface area contributed by atoms with E-state index in [2.05, 4.69) is 109 Å². The van der Waals surface area contributed by atoms with Crippen LogP contribution in [0.25, 0.3) is 121 Å². The van der Waals surface area contributed by atoms with Crippen LogP contribution in [0.15, 0.2) is 185 Å². The van der Waals surface area contributed by atoms with Gasteiger partial charge in [0, 0.05) is 38.2 Å². The van der Waals surface area contributed by atoms with Crippen LogP contribution in [0.4, 0.5) is 0 Å². The molecule has 0 N–H and O–H groups in total. The average Bonchev–Trinajstić information content (AvgIpc) is 3.84. The zero-order valence-corrected chi connectivity index (χ0v) is 29.9.